The predicted octanol–water partition coefficient (Wildman–Crippen LogP) is 3.39. The van der Waals surface area contributed by atoms with E-state index < -0.39 is 22.5 Å². The van der Waals surface area contributed by atoms with Crippen LogP contribution in [-0.4, -0.2) is 21.3 Å². The number of carboxylic acids is 1. The van der Waals surface area contributed by atoms with E-state index in [1.807, 2.05) is 41.5 Å². The van der Waals surface area contributed by atoms with Gasteiger partial charge in [-0.25, -0.2) is 4.79 Å². The maximum atomic E-state index is 11.3. The van der Waals surface area contributed by atoms with Crippen molar-refractivity contribution in [2.24, 2.45) is 0 Å². The molecule has 0 heterocycles. The Hall–Kier alpha value is -1.71. The summed E-state index contributed by atoms with van der Waals surface area (Å²) in [6, 6.07) is 1.68. The molecule has 0 aliphatic rings. The molecular weight excluding hydrogens is 244 g/mol. The number of aromatic carboxylic acids is 1. The lowest BCUT2D eigenvalue weighted by Crippen LogP contribution is -2.20. The van der Waals surface area contributed by atoms with Crippen molar-refractivity contribution in [3.8, 4) is 11.5 Å². The molecule has 19 heavy (non-hydrogen) atoms. The van der Waals surface area contributed by atoms with Crippen LogP contribution in [0.2, 0.25) is 0 Å². The topological polar surface area (TPSA) is 77.8 Å². The Balaban J connectivity index is 3.80. The Labute approximate surface area is 113 Å². The molecule has 0 aliphatic carbocycles. The smallest absolute Gasteiger partial charge is 0.339 e. The summed E-state index contributed by atoms with van der Waals surface area (Å²) < 4.78 is 0. The molecule has 0 radical (unpaired) electrons. The van der Waals surface area contributed by atoms with Gasteiger partial charge in [0, 0.05) is 5.56 Å². The highest BCUT2D eigenvalue weighted by Gasteiger charge is 2.31. The largest absolute Gasteiger partial charge is 0.504 e. The van der Waals surface area contributed by atoms with Crippen molar-refractivity contribution in [1.82, 2.24) is 0 Å². The fraction of sp³-hybridized carbons (Fsp3) is 0.533. The number of hydrogen-bond donors (Lipinski definition) is 3. The second-order valence-corrected chi connectivity index (χ2v) is 6.85. The van der Waals surface area contributed by atoms with Gasteiger partial charge in [-0.1, -0.05) is 41.5 Å². The molecule has 4 heteroatoms. The quantitative estimate of drug-likeness (QED) is 0.681. The minimum absolute atomic E-state index is 0.224. The lowest BCUT2D eigenvalue weighted by Gasteiger charge is -2.28. The standard InChI is InChI=1S/C15H22O4/c1-14(2,3)8-7-9(15(4,5)6)11(16)12(17)10(8)13(18)19/h7,16-17H,1-6H3,(H,18,19). The highest BCUT2D eigenvalue weighted by molar-refractivity contribution is 5.94. The van der Waals surface area contributed by atoms with Gasteiger partial charge in [-0.3, -0.25) is 0 Å². The first-order chi connectivity index (χ1) is 8.37. The van der Waals surface area contributed by atoms with Crippen LogP contribution in [0.4, 0.5) is 0 Å². The van der Waals surface area contributed by atoms with Crippen molar-refractivity contribution in [2.75, 3.05) is 0 Å². The van der Waals surface area contributed by atoms with Crippen molar-refractivity contribution in [3.63, 3.8) is 0 Å². The van der Waals surface area contributed by atoms with Crippen LogP contribution in [0.1, 0.15) is 63.0 Å². The van der Waals surface area contributed by atoms with Gasteiger partial charge in [0.1, 0.15) is 5.56 Å². The van der Waals surface area contributed by atoms with Crippen molar-refractivity contribution in [3.05, 3.63) is 22.8 Å². The van der Waals surface area contributed by atoms with Gasteiger partial charge in [0.2, 0.25) is 0 Å². The Morgan fingerprint density at radius 1 is 0.895 bits per heavy atom. The van der Waals surface area contributed by atoms with Crippen LogP contribution in [0.3, 0.4) is 0 Å². The Morgan fingerprint density at radius 2 is 1.32 bits per heavy atom. The summed E-state index contributed by atoms with van der Waals surface area (Å²) in [7, 11) is 0. The number of hydrogen-bond acceptors (Lipinski definition) is 3. The fourth-order valence-corrected chi connectivity index (χ4v) is 2.04. The first-order valence-electron chi connectivity index (χ1n) is 6.20. The molecule has 4 nitrogen and oxygen atoms in total. The maximum absolute atomic E-state index is 11.3. The van der Waals surface area contributed by atoms with Crippen LogP contribution in [-0.2, 0) is 10.8 Å². The van der Waals surface area contributed by atoms with E-state index in [-0.39, 0.29) is 11.3 Å². The monoisotopic (exact) mass is 266 g/mol. The number of aromatic hydroxyl groups is 2. The molecule has 3 N–H and O–H groups in total. The predicted molar refractivity (Wildman–Crippen MR) is 74.1 cm³/mol. The summed E-state index contributed by atoms with van der Waals surface area (Å²) in [5, 5.41) is 29.3. The SMILES string of the molecule is CC(C)(C)c1cc(C(C)(C)C)c(C(=O)O)c(O)c1O. The highest BCUT2D eigenvalue weighted by atomic mass is 16.4. The van der Waals surface area contributed by atoms with E-state index in [0.717, 1.165) is 0 Å². The summed E-state index contributed by atoms with van der Waals surface area (Å²) in [5.41, 5.74) is -0.00419. The van der Waals surface area contributed by atoms with Crippen molar-refractivity contribution in [2.45, 2.75) is 52.4 Å². The summed E-state index contributed by atoms with van der Waals surface area (Å²) in [5.74, 6) is -2.14. The van der Waals surface area contributed by atoms with E-state index in [1.54, 1.807) is 6.07 Å². The number of carboxylic acid groups (broad SMARTS) is 1. The molecular formula is C15H22O4. The molecule has 0 unspecified atom stereocenters. The van der Waals surface area contributed by atoms with Crippen LogP contribution in [0.5, 0.6) is 11.5 Å². The van der Waals surface area contributed by atoms with Gasteiger partial charge in [0.15, 0.2) is 11.5 Å². The second-order valence-electron chi connectivity index (χ2n) is 6.85. The Kier molecular flexibility index (Phi) is 3.59. The summed E-state index contributed by atoms with van der Waals surface area (Å²) in [6.07, 6.45) is 0. The van der Waals surface area contributed by atoms with Crippen LogP contribution < -0.4 is 0 Å². The second kappa shape index (κ2) is 4.44. The van der Waals surface area contributed by atoms with E-state index >= 15 is 0 Å². The van der Waals surface area contributed by atoms with Crippen LogP contribution >= 0.6 is 0 Å². The zero-order chi connectivity index (χ0) is 15.2. The third-order valence-corrected chi connectivity index (χ3v) is 3.10. The van der Waals surface area contributed by atoms with Gasteiger partial charge >= 0.3 is 5.97 Å². The van der Waals surface area contributed by atoms with Crippen molar-refractivity contribution < 1.29 is 20.1 Å². The first kappa shape index (κ1) is 15.3. The molecule has 0 atom stereocenters. The molecule has 0 bridgehead atoms. The zero-order valence-electron chi connectivity index (χ0n) is 12.3. The van der Waals surface area contributed by atoms with E-state index in [1.165, 1.54) is 0 Å². The first-order valence-corrected chi connectivity index (χ1v) is 6.20. The number of carbonyl (C=O) groups is 1. The third-order valence-electron chi connectivity index (χ3n) is 3.10. The maximum Gasteiger partial charge on any atom is 0.339 e. The summed E-state index contributed by atoms with van der Waals surface area (Å²) in [4.78, 5) is 11.3. The van der Waals surface area contributed by atoms with Gasteiger partial charge in [0.25, 0.3) is 0 Å². The van der Waals surface area contributed by atoms with E-state index in [4.69, 9.17) is 0 Å². The van der Waals surface area contributed by atoms with Crippen molar-refractivity contribution >= 4 is 5.97 Å². The summed E-state index contributed by atoms with van der Waals surface area (Å²) >= 11 is 0. The van der Waals surface area contributed by atoms with E-state index in [0.29, 0.717) is 11.1 Å². The molecule has 0 fully saturated rings. The lowest BCUT2D eigenvalue weighted by molar-refractivity contribution is 0.0690. The molecule has 1 aromatic carbocycles. The normalized spacial score (nSPS) is 12.5. The van der Waals surface area contributed by atoms with Gasteiger partial charge in [0.05, 0.1) is 0 Å². The Bertz CT molecular complexity index is 516. The average Bonchev–Trinajstić information content (AvgIpc) is 2.17. The molecule has 0 saturated heterocycles. The zero-order valence-corrected chi connectivity index (χ0v) is 12.3. The van der Waals surface area contributed by atoms with Gasteiger partial charge in [-0.05, 0) is 22.5 Å². The molecule has 0 aromatic heterocycles. The van der Waals surface area contributed by atoms with E-state index in [9.17, 15) is 20.1 Å². The van der Waals surface area contributed by atoms with Gasteiger partial charge < -0.3 is 15.3 Å². The highest BCUT2D eigenvalue weighted by Crippen LogP contribution is 2.44. The summed E-state index contributed by atoms with van der Waals surface area (Å²) in [6.45, 7) is 11.3. The minimum atomic E-state index is -1.24. The molecule has 1 aromatic rings. The molecule has 0 aliphatic heterocycles. The van der Waals surface area contributed by atoms with E-state index in [2.05, 4.69) is 0 Å². The Morgan fingerprint density at radius 3 is 1.63 bits per heavy atom. The molecule has 0 amide bonds. The molecule has 106 valence electrons. The van der Waals surface area contributed by atoms with Gasteiger partial charge in [-0.2, -0.15) is 0 Å². The number of benzene rings is 1. The fourth-order valence-electron chi connectivity index (χ4n) is 2.04. The van der Waals surface area contributed by atoms with Crippen LogP contribution in [0, 0.1) is 0 Å². The minimum Gasteiger partial charge on any atom is -0.504 e. The number of phenols is 2. The van der Waals surface area contributed by atoms with Crippen LogP contribution in [0.25, 0.3) is 0 Å². The average molecular weight is 266 g/mol. The van der Waals surface area contributed by atoms with Gasteiger partial charge in [-0.15, -0.1) is 0 Å². The molecule has 1 rings (SSSR count). The van der Waals surface area contributed by atoms with Crippen LogP contribution in [0.15, 0.2) is 6.07 Å². The number of rotatable bonds is 1. The lowest BCUT2D eigenvalue weighted by atomic mass is 9.77. The van der Waals surface area contributed by atoms with Crippen molar-refractivity contribution in [1.29, 1.82) is 0 Å². The molecule has 0 saturated carbocycles. The number of phenolic OH excluding ortho intramolecular Hbond substituents is 1. The molecule has 0 spiro atoms. The third kappa shape index (κ3) is 2.83.